The van der Waals surface area contributed by atoms with Gasteiger partial charge in [0.15, 0.2) is 0 Å². The molecule has 2 aliphatic rings. The summed E-state index contributed by atoms with van der Waals surface area (Å²) in [6.45, 7) is 4.96. The zero-order valence-corrected chi connectivity index (χ0v) is 15.1. The van der Waals surface area contributed by atoms with Crippen molar-refractivity contribution in [1.82, 2.24) is 24.0 Å². The fourth-order valence-corrected chi connectivity index (χ4v) is 5.21. The summed E-state index contributed by atoms with van der Waals surface area (Å²) >= 11 is 0. The van der Waals surface area contributed by atoms with Crippen LogP contribution in [0.25, 0.3) is 0 Å². The minimum absolute atomic E-state index is 0.106. The van der Waals surface area contributed by atoms with Crippen molar-refractivity contribution in [3.8, 4) is 0 Å². The fourth-order valence-electron chi connectivity index (χ4n) is 3.34. The average molecular weight is 341 g/mol. The Hall–Kier alpha value is -0.990. The summed E-state index contributed by atoms with van der Waals surface area (Å²) in [5.41, 5.74) is 0. The van der Waals surface area contributed by atoms with Gasteiger partial charge in [0.2, 0.25) is 10.0 Å². The van der Waals surface area contributed by atoms with Crippen LogP contribution in [-0.4, -0.2) is 64.8 Å². The number of piperidine rings is 1. The van der Waals surface area contributed by atoms with Crippen molar-refractivity contribution in [3.05, 3.63) is 11.6 Å². The zero-order chi connectivity index (χ0) is 16.6. The van der Waals surface area contributed by atoms with E-state index in [4.69, 9.17) is 0 Å². The van der Waals surface area contributed by atoms with E-state index in [1.165, 1.54) is 0 Å². The van der Waals surface area contributed by atoms with Gasteiger partial charge in [0.25, 0.3) is 0 Å². The maximum atomic E-state index is 12.3. The van der Waals surface area contributed by atoms with E-state index in [1.54, 1.807) is 4.31 Å². The van der Waals surface area contributed by atoms with Crippen molar-refractivity contribution in [3.63, 3.8) is 0 Å². The lowest BCUT2D eigenvalue weighted by atomic mass is 9.97. The minimum Gasteiger partial charge on any atom is -0.314 e. The highest BCUT2D eigenvalue weighted by molar-refractivity contribution is 7.90. The van der Waals surface area contributed by atoms with E-state index < -0.39 is 10.0 Å². The summed E-state index contributed by atoms with van der Waals surface area (Å²) in [6, 6.07) is 0. The van der Waals surface area contributed by atoms with Gasteiger partial charge >= 0.3 is 0 Å². The number of nitrogens with zero attached hydrogens (tertiary/aromatic N) is 5. The Balaban J connectivity index is 1.69. The molecule has 23 heavy (non-hydrogen) atoms. The first kappa shape index (κ1) is 16.9. The summed E-state index contributed by atoms with van der Waals surface area (Å²) in [4.78, 5) is 2.09. The molecule has 7 nitrogen and oxygen atoms in total. The molecule has 1 aromatic rings. The summed E-state index contributed by atoms with van der Waals surface area (Å²) in [7, 11) is 1.01. The first-order chi connectivity index (χ1) is 10.9. The van der Waals surface area contributed by atoms with Crippen LogP contribution in [0.2, 0.25) is 0 Å². The first-order valence-corrected chi connectivity index (χ1v) is 9.99. The second-order valence-electron chi connectivity index (χ2n) is 6.87. The molecule has 0 amide bonds. The number of sulfonamides is 1. The van der Waals surface area contributed by atoms with Crippen molar-refractivity contribution in [2.75, 3.05) is 27.2 Å². The highest BCUT2D eigenvalue weighted by Gasteiger charge is 2.41. The number of hydrogen-bond donors (Lipinski definition) is 0. The van der Waals surface area contributed by atoms with E-state index in [2.05, 4.69) is 26.6 Å². The molecule has 3 rings (SSSR count). The Morgan fingerprint density at radius 3 is 2.30 bits per heavy atom. The molecule has 0 bridgehead atoms. The third kappa shape index (κ3) is 3.44. The van der Waals surface area contributed by atoms with Crippen LogP contribution in [0.3, 0.4) is 0 Å². The highest BCUT2D eigenvalue weighted by Crippen LogP contribution is 2.35. The molecule has 2 fully saturated rings. The molecular weight excluding hydrogens is 314 g/mol. The molecule has 1 saturated heterocycles. The highest BCUT2D eigenvalue weighted by atomic mass is 32.2. The molecule has 0 unspecified atom stereocenters. The van der Waals surface area contributed by atoms with Gasteiger partial charge in [-0.05, 0) is 46.7 Å². The van der Waals surface area contributed by atoms with E-state index in [1.807, 2.05) is 14.1 Å². The van der Waals surface area contributed by atoms with Gasteiger partial charge in [-0.15, -0.1) is 10.2 Å². The van der Waals surface area contributed by atoms with Gasteiger partial charge in [-0.3, -0.25) is 0 Å². The maximum absolute atomic E-state index is 12.3. The molecular formula is C15H27N5O2S. The maximum Gasteiger partial charge on any atom is 0.216 e. The van der Waals surface area contributed by atoms with Gasteiger partial charge in [0.05, 0.1) is 11.8 Å². The van der Waals surface area contributed by atoms with Crippen LogP contribution in [0.4, 0.5) is 0 Å². The van der Waals surface area contributed by atoms with Crippen molar-refractivity contribution < 1.29 is 8.42 Å². The SMILES string of the molecule is CCn1c(CN(C)C)nnc1C1CCN(S(=O)(=O)C2CC2)CC1. The third-order valence-electron chi connectivity index (χ3n) is 4.75. The average Bonchev–Trinajstić information content (AvgIpc) is 3.30. The standard InChI is InChI=1S/C15H27N5O2S/c1-4-20-14(11-18(2)3)16-17-15(20)12-7-9-19(10-8-12)23(21,22)13-5-6-13/h12-13H,4-11H2,1-3H3. The van der Waals surface area contributed by atoms with Gasteiger partial charge in [-0.25, -0.2) is 12.7 Å². The normalized spacial score (nSPS) is 21.2. The van der Waals surface area contributed by atoms with Crippen molar-refractivity contribution in [1.29, 1.82) is 0 Å². The Kier molecular flexibility index (Phi) is 4.75. The molecule has 1 aliphatic heterocycles. The van der Waals surface area contributed by atoms with Crippen LogP contribution < -0.4 is 0 Å². The summed E-state index contributed by atoms with van der Waals surface area (Å²) in [5.74, 6) is 2.32. The molecule has 1 saturated carbocycles. The smallest absolute Gasteiger partial charge is 0.216 e. The zero-order valence-electron chi connectivity index (χ0n) is 14.3. The Bertz CT molecular complexity index is 643. The van der Waals surface area contributed by atoms with Crippen molar-refractivity contribution in [2.24, 2.45) is 0 Å². The van der Waals surface area contributed by atoms with Crippen molar-refractivity contribution >= 4 is 10.0 Å². The summed E-state index contributed by atoms with van der Waals surface area (Å²) in [6.07, 6.45) is 3.35. The molecule has 1 aromatic heterocycles. The predicted molar refractivity (Wildman–Crippen MR) is 88.6 cm³/mol. The number of rotatable bonds is 6. The predicted octanol–water partition coefficient (Wildman–Crippen LogP) is 1.03. The molecule has 130 valence electrons. The van der Waals surface area contributed by atoms with Crippen LogP contribution in [-0.2, 0) is 23.1 Å². The van der Waals surface area contributed by atoms with E-state index >= 15 is 0 Å². The molecule has 0 spiro atoms. The molecule has 1 aliphatic carbocycles. The van der Waals surface area contributed by atoms with Crippen LogP contribution in [0.1, 0.15) is 50.2 Å². The molecule has 2 heterocycles. The van der Waals surface area contributed by atoms with Crippen molar-refractivity contribution in [2.45, 2.75) is 56.9 Å². The lowest BCUT2D eigenvalue weighted by Crippen LogP contribution is -2.40. The van der Waals surface area contributed by atoms with Gasteiger partial charge in [0.1, 0.15) is 11.6 Å². The van der Waals surface area contributed by atoms with E-state index in [9.17, 15) is 8.42 Å². The van der Waals surface area contributed by atoms with Gasteiger partial charge in [-0.2, -0.15) is 0 Å². The van der Waals surface area contributed by atoms with E-state index in [0.29, 0.717) is 19.0 Å². The molecule has 0 N–H and O–H groups in total. The van der Waals surface area contributed by atoms with Crippen LogP contribution in [0.5, 0.6) is 0 Å². The molecule has 0 aromatic carbocycles. The van der Waals surface area contributed by atoms with Crippen LogP contribution in [0.15, 0.2) is 0 Å². The van der Waals surface area contributed by atoms with Crippen LogP contribution in [0, 0.1) is 0 Å². The minimum atomic E-state index is -3.04. The Morgan fingerprint density at radius 1 is 1.13 bits per heavy atom. The Labute approximate surface area is 138 Å². The van der Waals surface area contributed by atoms with E-state index in [-0.39, 0.29) is 5.25 Å². The number of aromatic nitrogens is 3. The monoisotopic (exact) mass is 341 g/mol. The van der Waals surface area contributed by atoms with E-state index in [0.717, 1.165) is 50.4 Å². The first-order valence-electron chi connectivity index (χ1n) is 8.49. The van der Waals surface area contributed by atoms with Gasteiger partial charge in [-0.1, -0.05) is 0 Å². The molecule has 8 heteroatoms. The van der Waals surface area contributed by atoms with Gasteiger partial charge in [0, 0.05) is 25.6 Å². The Morgan fingerprint density at radius 2 is 1.78 bits per heavy atom. The largest absolute Gasteiger partial charge is 0.314 e. The van der Waals surface area contributed by atoms with Gasteiger partial charge < -0.3 is 9.47 Å². The lowest BCUT2D eigenvalue weighted by molar-refractivity contribution is 0.307. The summed E-state index contributed by atoms with van der Waals surface area (Å²) < 4.78 is 28.5. The second-order valence-corrected chi connectivity index (χ2v) is 9.09. The topological polar surface area (TPSA) is 71.3 Å². The quantitative estimate of drug-likeness (QED) is 0.773. The molecule has 0 radical (unpaired) electrons. The van der Waals surface area contributed by atoms with Crippen LogP contribution >= 0.6 is 0 Å². The molecule has 0 atom stereocenters. The third-order valence-corrected chi connectivity index (χ3v) is 7.15. The second kappa shape index (κ2) is 6.49. The number of hydrogen-bond acceptors (Lipinski definition) is 5. The summed E-state index contributed by atoms with van der Waals surface area (Å²) in [5, 5.41) is 8.66. The fraction of sp³-hybridized carbons (Fsp3) is 0.867. The lowest BCUT2D eigenvalue weighted by Gasteiger charge is -2.31.